The summed E-state index contributed by atoms with van der Waals surface area (Å²) in [6.07, 6.45) is 2.70. The van der Waals surface area contributed by atoms with E-state index >= 15 is 0 Å². The minimum Gasteiger partial charge on any atom is -0.390 e. The van der Waals surface area contributed by atoms with Crippen molar-refractivity contribution in [2.24, 2.45) is 0 Å². The van der Waals surface area contributed by atoms with Crippen LogP contribution in [0.15, 0.2) is 4.52 Å². The molecule has 0 spiro atoms. The van der Waals surface area contributed by atoms with E-state index in [1.807, 2.05) is 6.92 Å². The van der Waals surface area contributed by atoms with Gasteiger partial charge in [0.2, 0.25) is 5.89 Å². The predicted octanol–water partition coefficient (Wildman–Crippen LogP) is 1.11. The maximum absolute atomic E-state index is 9.97. The fraction of sp³-hybridized carbons (Fsp3) is 0.818. The molecule has 1 aliphatic heterocycles. The molecule has 0 aliphatic carbocycles. The van der Waals surface area contributed by atoms with Gasteiger partial charge in [-0.3, -0.25) is 4.90 Å². The smallest absolute Gasteiger partial charge is 0.223 e. The number of aromatic nitrogens is 2. The van der Waals surface area contributed by atoms with Crippen molar-refractivity contribution in [1.82, 2.24) is 15.0 Å². The predicted molar refractivity (Wildman–Crippen MR) is 58.8 cm³/mol. The van der Waals surface area contributed by atoms with E-state index in [0.717, 1.165) is 38.2 Å². The summed E-state index contributed by atoms with van der Waals surface area (Å²) in [5.74, 6) is 1.34. The van der Waals surface area contributed by atoms with Gasteiger partial charge in [0.1, 0.15) is 0 Å². The molecule has 1 aliphatic rings. The molecule has 2 heterocycles. The van der Waals surface area contributed by atoms with Crippen molar-refractivity contribution >= 4 is 0 Å². The van der Waals surface area contributed by atoms with Crippen LogP contribution in [0, 0.1) is 6.92 Å². The molecular weight excluding hydrogens is 206 g/mol. The highest BCUT2D eigenvalue weighted by Crippen LogP contribution is 2.21. The number of hydrogen-bond donors (Lipinski definition) is 1. The van der Waals surface area contributed by atoms with Crippen LogP contribution in [0.1, 0.15) is 37.9 Å². The lowest BCUT2D eigenvalue weighted by Crippen LogP contribution is -2.28. The SMILES string of the molecule is Cc1nc(CN2CCCC(C)(O)CC2)no1. The Kier molecular flexibility index (Phi) is 3.25. The fourth-order valence-electron chi connectivity index (χ4n) is 2.08. The van der Waals surface area contributed by atoms with Crippen molar-refractivity contribution in [2.75, 3.05) is 13.1 Å². The standard InChI is InChI=1S/C11H19N3O2/c1-9-12-10(13-16-9)8-14-6-3-4-11(2,15)5-7-14/h15H,3-8H2,1-2H3. The average molecular weight is 225 g/mol. The minimum absolute atomic E-state index is 0.512. The molecule has 0 amide bonds. The number of aliphatic hydroxyl groups is 1. The van der Waals surface area contributed by atoms with Gasteiger partial charge in [0.15, 0.2) is 5.82 Å². The van der Waals surface area contributed by atoms with Crippen LogP contribution in [0.3, 0.4) is 0 Å². The van der Waals surface area contributed by atoms with Crippen molar-refractivity contribution in [3.05, 3.63) is 11.7 Å². The Morgan fingerprint density at radius 2 is 2.25 bits per heavy atom. The first-order chi connectivity index (χ1) is 7.55. The number of likely N-dealkylation sites (tertiary alicyclic amines) is 1. The Morgan fingerprint density at radius 3 is 2.94 bits per heavy atom. The van der Waals surface area contributed by atoms with Crippen molar-refractivity contribution in [1.29, 1.82) is 0 Å². The summed E-state index contributed by atoms with van der Waals surface area (Å²) in [6.45, 7) is 6.30. The topological polar surface area (TPSA) is 62.4 Å². The Labute approximate surface area is 95.4 Å². The number of aryl methyl sites for hydroxylation is 1. The Balaban J connectivity index is 1.91. The van der Waals surface area contributed by atoms with Gasteiger partial charge in [-0.2, -0.15) is 4.98 Å². The van der Waals surface area contributed by atoms with Crippen LogP contribution < -0.4 is 0 Å². The zero-order valence-electron chi connectivity index (χ0n) is 9.94. The van der Waals surface area contributed by atoms with Crippen LogP contribution in [0.2, 0.25) is 0 Å². The lowest BCUT2D eigenvalue weighted by Gasteiger charge is -2.21. The summed E-state index contributed by atoms with van der Waals surface area (Å²) in [5.41, 5.74) is -0.512. The van der Waals surface area contributed by atoms with E-state index in [0.29, 0.717) is 12.4 Å². The molecule has 0 saturated carbocycles. The third kappa shape index (κ3) is 3.02. The Morgan fingerprint density at radius 1 is 1.44 bits per heavy atom. The van der Waals surface area contributed by atoms with Crippen LogP contribution in [-0.2, 0) is 6.54 Å². The molecule has 2 rings (SSSR count). The van der Waals surface area contributed by atoms with Crippen LogP contribution in [0.5, 0.6) is 0 Å². The highest BCUT2D eigenvalue weighted by molar-refractivity contribution is 4.86. The summed E-state index contributed by atoms with van der Waals surface area (Å²) in [6, 6.07) is 0. The van der Waals surface area contributed by atoms with Gasteiger partial charge in [0, 0.05) is 13.5 Å². The molecule has 1 atom stereocenters. The van der Waals surface area contributed by atoms with Gasteiger partial charge in [-0.05, 0) is 32.7 Å². The van der Waals surface area contributed by atoms with E-state index in [4.69, 9.17) is 4.52 Å². The van der Waals surface area contributed by atoms with Crippen LogP contribution >= 0.6 is 0 Å². The first-order valence-electron chi connectivity index (χ1n) is 5.79. The average Bonchev–Trinajstić information content (AvgIpc) is 2.52. The van der Waals surface area contributed by atoms with Crippen LogP contribution in [-0.4, -0.2) is 38.8 Å². The second-order valence-corrected chi connectivity index (χ2v) is 4.86. The minimum atomic E-state index is -0.512. The normalized spacial score (nSPS) is 27.9. The van der Waals surface area contributed by atoms with Crippen molar-refractivity contribution < 1.29 is 9.63 Å². The third-order valence-corrected chi connectivity index (χ3v) is 3.09. The van der Waals surface area contributed by atoms with Gasteiger partial charge >= 0.3 is 0 Å². The number of nitrogens with zero attached hydrogens (tertiary/aromatic N) is 3. The van der Waals surface area contributed by atoms with Crippen molar-refractivity contribution in [2.45, 2.75) is 45.3 Å². The molecule has 1 fully saturated rings. The van der Waals surface area contributed by atoms with Crippen molar-refractivity contribution in [3.63, 3.8) is 0 Å². The molecule has 16 heavy (non-hydrogen) atoms. The second kappa shape index (κ2) is 4.51. The highest BCUT2D eigenvalue weighted by Gasteiger charge is 2.25. The van der Waals surface area contributed by atoms with Gasteiger partial charge in [-0.15, -0.1) is 0 Å². The van der Waals surface area contributed by atoms with E-state index in [9.17, 15) is 5.11 Å². The van der Waals surface area contributed by atoms with Gasteiger partial charge < -0.3 is 9.63 Å². The molecule has 0 radical (unpaired) electrons. The zero-order valence-corrected chi connectivity index (χ0v) is 9.94. The third-order valence-electron chi connectivity index (χ3n) is 3.09. The van der Waals surface area contributed by atoms with Gasteiger partial charge in [0.05, 0.1) is 12.1 Å². The monoisotopic (exact) mass is 225 g/mol. The summed E-state index contributed by atoms with van der Waals surface area (Å²) < 4.78 is 4.94. The largest absolute Gasteiger partial charge is 0.390 e. The zero-order chi connectivity index (χ0) is 11.6. The van der Waals surface area contributed by atoms with Crippen LogP contribution in [0.4, 0.5) is 0 Å². The van der Waals surface area contributed by atoms with Crippen LogP contribution in [0.25, 0.3) is 0 Å². The second-order valence-electron chi connectivity index (χ2n) is 4.86. The molecular formula is C11H19N3O2. The molecule has 1 unspecified atom stereocenters. The summed E-state index contributed by atoms with van der Waals surface area (Å²) in [7, 11) is 0. The van der Waals surface area contributed by atoms with Crippen molar-refractivity contribution in [3.8, 4) is 0 Å². The fourth-order valence-corrected chi connectivity index (χ4v) is 2.08. The highest BCUT2D eigenvalue weighted by atomic mass is 16.5. The van der Waals surface area contributed by atoms with E-state index in [-0.39, 0.29) is 0 Å². The Hall–Kier alpha value is -0.940. The first kappa shape index (κ1) is 11.5. The van der Waals surface area contributed by atoms with E-state index < -0.39 is 5.60 Å². The molecule has 1 N–H and O–H groups in total. The lowest BCUT2D eigenvalue weighted by atomic mass is 9.98. The van der Waals surface area contributed by atoms with E-state index in [2.05, 4.69) is 15.0 Å². The molecule has 5 heteroatoms. The quantitative estimate of drug-likeness (QED) is 0.817. The molecule has 1 saturated heterocycles. The first-order valence-corrected chi connectivity index (χ1v) is 5.79. The molecule has 1 aromatic rings. The van der Waals surface area contributed by atoms with E-state index in [1.54, 1.807) is 6.92 Å². The summed E-state index contributed by atoms with van der Waals surface area (Å²) in [4.78, 5) is 6.46. The van der Waals surface area contributed by atoms with E-state index in [1.165, 1.54) is 0 Å². The van der Waals surface area contributed by atoms with Gasteiger partial charge in [-0.1, -0.05) is 5.16 Å². The molecule has 5 nitrogen and oxygen atoms in total. The maximum atomic E-state index is 9.97. The molecule has 0 bridgehead atoms. The Bertz CT molecular complexity index is 349. The molecule has 90 valence electrons. The number of hydrogen-bond acceptors (Lipinski definition) is 5. The maximum Gasteiger partial charge on any atom is 0.223 e. The number of rotatable bonds is 2. The molecule has 0 aromatic carbocycles. The lowest BCUT2D eigenvalue weighted by molar-refractivity contribution is 0.0443. The summed E-state index contributed by atoms with van der Waals surface area (Å²) >= 11 is 0. The summed E-state index contributed by atoms with van der Waals surface area (Å²) in [5, 5.41) is 13.9. The van der Waals surface area contributed by atoms with Gasteiger partial charge in [0.25, 0.3) is 0 Å². The van der Waals surface area contributed by atoms with Gasteiger partial charge in [-0.25, -0.2) is 0 Å². The molecule has 1 aromatic heterocycles.